The Hall–Kier alpha value is -2.93. The molecule has 1 aliphatic carbocycles. The van der Waals surface area contributed by atoms with E-state index >= 15 is 0 Å². The first-order chi connectivity index (χ1) is 19.4. The Morgan fingerprint density at radius 2 is 1.77 bits per heavy atom. The zero-order valence-corrected chi connectivity index (χ0v) is 24.9. The van der Waals surface area contributed by atoms with Gasteiger partial charge in [-0.1, -0.05) is 73.3 Å². The first kappa shape index (κ1) is 28.6. The summed E-state index contributed by atoms with van der Waals surface area (Å²) in [5, 5.41) is 1.81. The van der Waals surface area contributed by atoms with Crippen LogP contribution >= 0.6 is 35.0 Å². The molecule has 0 radical (unpaired) electrons. The van der Waals surface area contributed by atoms with Crippen LogP contribution in [0.3, 0.4) is 0 Å². The number of benzene rings is 3. The standard InChI is InChI=1S/C32H32Cl2N2O3S/c1-3-38-28-18-23(17-26(34)30(28)39-20-22-13-15-24(33)16-14-22)19-29-31(37)36(27-12-8-7-9-21(27)2)32(40-29)35-25-10-5-4-6-11-25/h4-6,10-11,13-19,21,27H,3,7-9,12,20H2,1-2H3/b29-19-,35-32?/t21-,27-/m0/s1. The maximum Gasteiger partial charge on any atom is 0.267 e. The number of aliphatic imine (C=N–C) groups is 1. The fraction of sp³-hybridized carbons (Fsp3) is 0.312. The average molecular weight is 596 g/mol. The molecule has 1 aliphatic heterocycles. The largest absolute Gasteiger partial charge is 0.490 e. The predicted octanol–water partition coefficient (Wildman–Crippen LogP) is 9.15. The van der Waals surface area contributed by atoms with Gasteiger partial charge in [0, 0.05) is 11.1 Å². The van der Waals surface area contributed by atoms with E-state index in [1.807, 2.05) is 84.6 Å². The number of amidine groups is 1. The van der Waals surface area contributed by atoms with Gasteiger partial charge in [-0.2, -0.15) is 0 Å². The second kappa shape index (κ2) is 13.2. The minimum atomic E-state index is -0.0180. The number of rotatable bonds is 8. The van der Waals surface area contributed by atoms with Crippen molar-refractivity contribution in [1.29, 1.82) is 0 Å². The lowest BCUT2D eigenvalue weighted by Crippen LogP contribution is -2.44. The summed E-state index contributed by atoms with van der Waals surface area (Å²) in [5.74, 6) is 1.39. The van der Waals surface area contributed by atoms with Gasteiger partial charge in [-0.15, -0.1) is 0 Å². The Kier molecular flexibility index (Phi) is 9.40. The maximum atomic E-state index is 13.9. The average Bonchev–Trinajstić information content (AvgIpc) is 3.24. The summed E-state index contributed by atoms with van der Waals surface area (Å²) in [7, 11) is 0. The quantitative estimate of drug-likeness (QED) is 0.244. The van der Waals surface area contributed by atoms with E-state index in [2.05, 4.69) is 6.92 Å². The molecule has 1 amide bonds. The van der Waals surface area contributed by atoms with Crippen LogP contribution in [0.15, 0.2) is 76.6 Å². The van der Waals surface area contributed by atoms with E-state index < -0.39 is 0 Å². The van der Waals surface area contributed by atoms with Crippen LogP contribution in [-0.4, -0.2) is 28.6 Å². The van der Waals surface area contributed by atoms with Gasteiger partial charge in [-0.3, -0.25) is 9.69 Å². The third kappa shape index (κ3) is 6.68. The van der Waals surface area contributed by atoms with Crippen LogP contribution in [0.4, 0.5) is 5.69 Å². The molecule has 0 aromatic heterocycles. The molecule has 1 saturated heterocycles. The molecule has 0 spiro atoms. The molecule has 8 heteroatoms. The Balaban J connectivity index is 1.45. The molecule has 2 aliphatic rings. The van der Waals surface area contributed by atoms with Crippen molar-refractivity contribution < 1.29 is 14.3 Å². The molecule has 1 saturated carbocycles. The third-order valence-corrected chi connectivity index (χ3v) is 8.66. The van der Waals surface area contributed by atoms with Crippen LogP contribution < -0.4 is 9.47 Å². The predicted molar refractivity (Wildman–Crippen MR) is 166 cm³/mol. The molecule has 3 aromatic carbocycles. The number of carbonyl (C=O) groups is 1. The first-order valence-electron chi connectivity index (χ1n) is 13.6. The number of para-hydroxylation sites is 1. The minimum Gasteiger partial charge on any atom is -0.490 e. The lowest BCUT2D eigenvalue weighted by Gasteiger charge is -2.35. The normalized spacial score (nSPS) is 21.3. The third-order valence-electron chi connectivity index (χ3n) is 7.14. The number of thioether (sulfide) groups is 1. The summed E-state index contributed by atoms with van der Waals surface area (Å²) in [6.07, 6.45) is 6.28. The van der Waals surface area contributed by atoms with E-state index in [1.165, 1.54) is 18.2 Å². The monoisotopic (exact) mass is 594 g/mol. The summed E-state index contributed by atoms with van der Waals surface area (Å²) >= 11 is 14.1. The number of amides is 1. The van der Waals surface area contributed by atoms with Gasteiger partial charge in [-0.05, 0) is 91.0 Å². The van der Waals surface area contributed by atoms with Gasteiger partial charge < -0.3 is 9.47 Å². The molecule has 1 heterocycles. The second-order valence-corrected chi connectivity index (χ2v) is 11.9. The number of hydrogen-bond acceptors (Lipinski definition) is 5. The zero-order valence-electron chi connectivity index (χ0n) is 22.6. The van der Waals surface area contributed by atoms with Gasteiger partial charge in [0.1, 0.15) is 6.61 Å². The van der Waals surface area contributed by atoms with Crippen LogP contribution in [0.25, 0.3) is 6.08 Å². The highest BCUT2D eigenvalue weighted by atomic mass is 35.5. The summed E-state index contributed by atoms with van der Waals surface area (Å²) in [6.45, 7) is 4.91. The van der Waals surface area contributed by atoms with Crippen LogP contribution in [-0.2, 0) is 11.4 Å². The lowest BCUT2D eigenvalue weighted by atomic mass is 9.85. The van der Waals surface area contributed by atoms with Crippen molar-refractivity contribution in [1.82, 2.24) is 4.90 Å². The van der Waals surface area contributed by atoms with Crippen LogP contribution in [0.2, 0.25) is 10.0 Å². The highest BCUT2D eigenvalue weighted by Gasteiger charge is 2.41. The fourth-order valence-corrected chi connectivity index (χ4v) is 6.56. The van der Waals surface area contributed by atoms with E-state index in [-0.39, 0.29) is 11.9 Å². The Bertz CT molecular complexity index is 1410. The van der Waals surface area contributed by atoms with Gasteiger partial charge in [0.05, 0.1) is 22.2 Å². The van der Waals surface area contributed by atoms with Crippen molar-refractivity contribution in [3.63, 3.8) is 0 Å². The van der Waals surface area contributed by atoms with Gasteiger partial charge in [-0.25, -0.2) is 4.99 Å². The zero-order chi connectivity index (χ0) is 28.1. The van der Waals surface area contributed by atoms with Crippen molar-refractivity contribution in [3.8, 4) is 11.5 Å². The molecule has 5 rings (SSSR count). The second-order valence-electron chi connectivity index (χ2n) is 10.0. The van der Waals surface area contributed by atoms with Gasteiger partial charge in [0.25, 0.3) is 5.91 Å². The number of carbonyl (C=O) groups excluding carboxylic acids is 1. The molecular formula is C32H32Cl2N2O3S. The van der Waals surface area contributed by atoms with Crippen LogP contribution in [0.5, 0.6) is 11.5 Å². The van der Waals surface area contributed by atoms with E-state index in [0.29, 0.717) is 45.6 Å². The molecule has 2 atom stereocenters. The SMILES string of the molecule is CCOc1cc(/C=C2\SC(=Nc3ccccc3)N([C@H]3CCCC[C@@H]3C)C2=O)cc(Cl)c1OCc1ccc(Cl)cc1. The molecule has 208 valence electrons. The molecule has 0 bridgehead atoms. The van der Waals surface area contributed by atoms with Crippen molar-refractivity contribution in [3.05, 3.63) is 92.8 Å². The summed E-state index contributed by atoms with van der Waals surface area (Å²) in [4.78, 5) is 21.3. The molecule has 0 unspecified atom stereocenters. The summed E-state index contributed by atoms with van der Waals surface area (Å²) < 4.78 is 12.0. The van der Waals surface area contributed by atoms with E-state index in [4.69, 9.17) is 37.7 Å². The first-order valence-corrected chi connectivity index (χ1v) is 15.2. The van der Waals surface area contributed by atoms with Crippen molar-refractivity contribution >= 4 is 57.8 Å². The molecule has 5 nitrogen and oxygen atoms in total. The number of nitrogens with zero attached hydrogens (tertiary/aromatic N) is 2. The van der Waals surface area contributed by atoms with Crippen molar-refractivity contribution in [2.24, 2.45) is 10.9 Å². The Morgan fingerprint density at radius 1 is 1.02 bits per heavy atom. The molecule has 0 N–H and O–H groups in total. The Morgan fingerprint density at radius 3 is 2.50 bits per heavy atom. The van der Waals surface area contributed by atoms with Crippen molar-refractivity contribution in [2.45, 2.75) is 52.2 Å². The number of ether oxygens (including phenoxy) is 2. The van der Waals surface area contributed by atoms with Gasteiger partial charge in [0.2, 0.25) is 0 Å². The highest BCUT2D eigenvalue weighted by molar-refractivity contribution is 8.18. The highest BCUT2D eigenvalue weighted by Crippen LogP contribution is 2.42. The van der Waals surface area contributed by atoms with Crippen LogP contribution in [0, 0.1) is 5.92 Å². The number of hydrogen-bond donors (Lipinski definition) is 0. The fourth-order valence-electron chi connectivity index (χ4n) is 5.11. The van der Waals surface area contributed by atoms with E-state index in [9.17, 15) is 4.79 Å². The number of halogens is 2. The summed E-state index contributed by atoms with van der Waals surface area (Å²) in [5.41, 5.74) is 2.56. The smallest absolute Gasteiger partial charge is 0.267 e. The molecule has 40 heavy (non-hydrogen) atoms. The van der Waals surface area contributed by atoms with Crippen LogP contribution in [0.1, 0.15) is 50.7 Å². The lowest BCUT2D eigenvalue weighted by molar-refractivity contribution is -0.124. The Labute approximate surface area is 250 Å². The van der Waals surface area contributed by atoms with Crippen molar-refractivity contribution in [2.75, 3.05) is 6.61 Å². The van der Waals surface area contributed by atoms with E-state index in [1.54, 1.807) is 0 Å². The summed E-state index contributed by atoms with van der Waals surface area (Å²) in [6, 6.07) is 21.1. The van der Waals surface area contributed by atoms with Gasteiger partial charge >= 0.3 is 0 Å². The van der Waals surface area contributed by atoms with E-state index in [0.717, 1.165) is 41.2 Å². The molecule has 3 aromatic rings. The molecular weight excluding hydrogens is 563 g/mol. The maximum absolute atomic E-state index is 13.9. The topological polar surface area (TPSA) is 51.1 Å². The minimum absolute atomic E-state index is 0.0180. The van der Waals surface area contributed by atoms with Gasteiger partial charge in [0.15, 0.2) is 16.7 Å². The molecule has 2 fully saturated rings.